The second kappa shape index (κ2) is 9.26. The Balaban J connectivity index is 2.16. The van der Waals surface area contributed by atoms with Crippen molar-refractivity contribution in [2.45, 2.75) is 45.3 Å². The van der Waals surface area contributed by atoms with Crippen LogP contribution in [-0.2, 0) is 0 Å². The fourth-order valence-electron chi connectivity index (χ4n) is 2.96. The van der Waals surface area contributed by atoms with Crippen molar-refractivity contribution < 1.29 is 22.0 Å². The number of nitrogens with one attached hydrogen (secondary N) is 2. The molecule has 28 heavy (non-hydrogen) atoms. The van der Waals surface area contributed by atoms with Gasteiger partial charge in [0.25, 0.3) is 0 Å². The molecule has 0 aliphatic carbocycles. The van der Waals surface area contributed by atoms with Crippen LogP contribution in [-0.4, -0.2) is 18.8 Å². The Morgan fingerprint density at radius 3 is 2.61 bits per heavy atom. The largest absolute Gasteiger partial charge is 0.415 e. The summed E-state index contributed by atoms with van der Waals surface area (Å²) < 4.78 is 64.9. The number of allylic oxidation sites excluding steroid dienone is 4. The van der Waals surface area contributed by atoms with Gasteiger partial charge >= 0.3 is 6.18 Å². The predicted molar refractivity (Wildman–Crippen MR) is 102 cm³/mol. The highest BCUT2D eigenvalue weighted by Crippen LogP contribution is 2.29. The van der Waals surface area contributed by atoms with Crippen molar-refractivity contribution >= 4 is 5.69 Å². The van der Waals surface area contributed by atoms with Crippen molar-refractivity contribution in [1.29, 1.82) is 0 Å². The van der Waals surface area contributed by atoms with E-state index in [4.69, 9.17) is 0 Å². The summed E-state index contributed by atoms with van der Waals surface area (Å²) >= 11 is 0. The summed E-state index contributed by atoms with van der Waals surface area (Å²) in [4.78, 5) is 0. The number of benzene rings is 1. The fraction of sp³-hybridized carbons (Fsp3) is 0.429. The molecule has 1 heterocycles. The SMILES string of the molecule is C=C(/C=C(/C/C=C1\NCCCC1Nc1ccc(F)c(F)c1)C(C)C)C(F)(F)F. The van der Waals surface area contributed by atoms with Crippen molar-refractivity contribution in [1.82, 2.24) is 5.32 Å². The summed E-state index contributed by atoms with van der Waals surface area (Å²) in [5.41, 5.74) is 1.03. The number of halogens is 5. The molecule has 0 amide bonds. The van der Waals surface area contributed by atoms with E-state index in [0.29, 0.717) is 17.7 Å². The molecule has 2 rings (SSSR count). The Morgan fingerprint density at radius 1 is 1.29 bits per heavy atom. The molecule has 154 valence electrons. The first-order chi connectivity index (χ1) is 13.1. The molecule has 7 heteroatoms. The molecule has 0 saturated carbocycles. The quantitative estimate of drug-likeness (QED) is 0.445. The second-order valence-electron chi connectivity index (χ2n) is 7.16. The van der Waals surface area contributed by atoms with Crippen LogP contribution in [0.3, 0.4) is 0 Å². The van der Waals surface area contributed by atoms with Crippen molar-refractivity contribution in [3.63, 3.8) is 0 Å². The summed E-state index contributed by atoms with van der Waals surface area (Å²) in [5.74, 6) is -1.92. The van der Waals surface area contributed by atoms with Crippen molar-refractivity contribution in [3.8, 4) is 0 Å². The fourth-order valence-corrected chi connectivity index (χ4v) is 2.96. The van der Waals surface area contributed by atoms with Crippen LogP contribution in [0.25, 0.3) is 0 Å². The second-order valence-corrected chi connectivity index (χ2v) is 7.16. The Bertz CT molecular complexity index is 763. The number of rotatable bonds is 6. The molecule has 1 aromatic carbocycles. The minimum atomic E-state index is -4.45. The maximum absolute atomic E-state index is 13.4. The normalized spacial score (nSPS) is 19.6. The predicted octanol–water partition coefficient (Wildman–Crippen LogP) is 6.10. The van der Waals surface area contributed by atoms with Crippen LogP contribution in [0, 0.1) is 17.6 Å². The Hall–Kier alpha value is -2.31. The van der Waals surface area contributed by atoms with Crippen molar-refractivity contribution in [2.24, 2.45) is 5.92 Å². The topological polar surface area (TPSA) is 24.1 Å². The van der Waals surface area contributed by atoms with Crippen LogP contribution in [0.15, 0.2) is 53.8 Å². The molecule has 1 aromatic rings. The third-order valence-corrected chi connectivity index (χ3v) is 4.66. The van der Waals surface area contributed by atoms with Crippen LogP contribution in [0.5, 0.6) is 0 Å². The summed E-state index contributed by atoms with van der Waals surface area (Å²) in [6, 6.07) is 3.45. The Morgan fingerprint density at radius 2 is 2.00 bits per heavy atom. The minimum Gasteiger partial charge on any atom is -0.387 e. The standard InChI is InChI=1S/C21H25F5N2/c1-13(2)15(11-14(3)21(24,25)26)6-9-19-20(5-4-10-27-19)28-16-7-8-17(22)18(23)12-16/h7-9,11-13,20,27-28H,3-6,10H2,1-2H3/b15-11-,19-9-. The van der Waals surface area contributed by atoms with Crippen LogP contribution in [0.2, 0.25) is 0 Å². The molecule has 1 atom stereocenters. The summed E-state index contributed by atoms with van der Waals surface area (Å²) in [6.45, 7) is 7.53. The number of hydrogen-bond acceptors (Lipinski definition) is 2. The van der Waals surface area contributed by atoms with E-state index in [1.54, 1.807) is 0 Å². The van der Waals surface area contributed by atoms with E-state index in [0.717, 1.165) is 43.3 Å². The highest BCUT2D eigenvalue weighted by molar-refractivity contribution is 5.46. The van der Waals surface area contributed by atoms with Crippen LogP contribution < -0.4 is 10.6 Å². The first kappa shape index (κ1) is 22.0. The van der Waals surface area contributed by atoms with E-state index in [9.17, 15) is 22.0 Å². The van der Waals surface area contributed by atoms with Crippen molar-refractivity contribution in [2.75, 3.05) is 11.9 Å². The van der Waals surface area contributed by atoms with Gasteiger partial charge in [-0.1, -0.05) is 38.2 Å². The Labute approximate surface area is 162 Å². The van der Waals surface area contributed by atoms with E-state index in [1.165, 1.54) is 6.07 Å². The zero-order chi connectivity index (χ0) is 20.9. The molecule has 2 nitrogen and oxygen atoms in total. The van der Waals surface area contributed by atoms with Gasteiger partial charge < -0.3 is 10.6 Å². The molecule has 0 radical (unpaired) electrons. The molecule has 0 aromatic heterocycles. The maximum Gasteiger partial charge on any atom is 0.415 e. The lowest BCUT2D eigenvalue weighted by molar-refractivity contribution is -0.0879. The highest BCUT2D eigenvalue weighted by Gasteiger charge is 2.30. The third-order valence-electron chi connectivity index (χ3n) is 4.66. The van der Waals surface area contributed by atoms with Crippen LogP contribution in [0.1, 0.15) is 33.1 Å². The van der Waals surface area contributed by atoms with Gasteiger partial charge in [0.2, 0.25) is 0 Å². The summed E-state index contributed by atoms with van der Waals surface area (Å²) in [6.07, 6.45) is 0.497. The molecule has 1 fully saturated rings. The monoisotopic (exact) mass is 400 g/mol. The van der Waals surface area contributed by atoms with E-state index < -0.39 is 23.4 Å². The molecular formula is C21H25F5N2. The first-order valence-electron chi connectivity index (χ1n) is 9.20. The van der Waals surface area contributed by atoms with Gasteiger partial charge in [-0.05, 0) is 37.3 Å². The lowest BCUT2D eigenvalue weighted by Gasteiger charge is -2.29. The van der Waals surface area contributed by atoms with Gasteiger partial charge in [-0.2, -0.15) is 13.2 Å². The number of piperidine rings is 1. The average Bonchev–Trinajstić information content (AvgIpc) is 2.61. The summed E-state index contributed by atoms with van der Waals surface area (Å²) in [5, 5.41) is 6.41. The third kappa shape index (κ3) is 6.11. The molecule has 1 saturated heterocycles. The molecule has 0 spiro atoms. The summed E-state index contributed by atoms with van der Waals surface area (Å²) in [7, 11) is 0. The van der Waals surface area contributed by atoms with Crippen molar-refractivity contribution in [3.05, 3.63) is 65.4 Å². The molecule has 0 bridgehead atoms. The van der Waals surface area contributed by atoms with Gasteiger partial charge in [0.1, 0.15) is 0 Å². The zero-order valence-electron chi connectivity index (χ0n) is 16.0. The molecule has 1 aliphatic heterocycles. The van der Waals surface area contributed by atoms with Crippen LogP contribution >= 0.6 is 0 Å². The maximum atomic E-state index is 13.4. The van der Waals surface area contributed by atoms with Gasteiger partial charge in [-0.3, -0.25) is 0 Å². The molecule has 1 aliphatic rings. The van der Waals surface area contributed by atoms with E-state index in [1.807, 2.05) is 19.9 Å². The van der Waals surface area contributed by atoms with E-state index in [-0.39, 0.29) is 12.0 Å². The number of alkyl halides is 3. The molecular weight excluding hydrogens is 375 g/mol. The zero-order valence-corrected chi connectivity index (χ0v) is 16.0. The van der Waals surface area contributed by atoms with Gasteiger partial charge in [-0.15, -0.1) is 0 Å². The smallest absolute Gasteiger partial charge is 0.387 e. The molecule has 1 unspecified atom stereocenters. The Kier molecular flexibility index (Phi) is 7.27. The number of anilines is 1. The lowest BCUT2D eigenvalue weighted by atomic mass is 9.95. The van der Waals surface area contributed by atoms with Gasteiger partial charge in [0.05, 0.1) is 6.04 Å². The van der Waals surface area contributed by atoms with Crippen LogP contribution in [0.4, 0.5) is 27.6 Å². The van der Waals surface area contributed by atoms with Gasteiger partial charge in [0.15, 0.2) is 11.6 Å². The van der Waals surface area contributed by atoms with Gasteiger partial charge in [0, 0.05) is 29.6 Å². The minimum absolute atomic E-state index is 0.0721. The van der Waals surface area contributed by atoms with Gasteiger partial charge in [-0.25, -0.2) is 8.78 Å². The number of hydrogen-bond donors (Lipinski definition) is 2. The highest BCUT2D eigenvalue weighted by atomic mass is 19.4. The first-order valence-corrected chi connectivity index (χ1v) is 9.20. The lowest BCUT2D eigenvalue weighted by Crippen LogP contribution is -2.36. The van der Waals surface area contributed by atoms with E-state index >= 15 is 0 Å². The van der Waals surface area contributed by atoms with E-state index in [2.05, 4.69) is 17.2 Å². The average molecular weight is 400 g/mol. The molecule has 2 N–H and O–H groups in total.